The highest BCUT2D eigenvalue weighted by Gasteiger charge is 2.11. The standard InChI is InChI=1S/C7H7NO2.H2/c1-8-5-3-2-4-6(8)7(9)10;/h2-5H,1H3;1H/p+1/i;1+1. The number of pyridine rings is 1. The fourth-order valence-corrected chi connectivity index (χ4v) is 0.746. The van der Waals surface area contributed by atoms with Crippen molar-refractivity contribution >= 4 is 5.97 Å². The summed E-state index contributed by atoms with van der Waals surface area (Å²) in [7, 11) is 1.70. The van der Waals surface area contributed by atoms with Gasteiger partial charge in [-0.1, -0.05) is 0 Å². The van der Waals surface area contributed by atoms with Gasteiger partial charge in [-0.05, 0) is 6.07 Å². The van der Waals surface area contributed by atoms with Crippen LogP contribution < -0.4 is 4.57 Å². The van der Waals surface area contributed by atoms with E-state index in [0.717, 1.165) is 0 Å². The van der Waals surface area contributed by atoms with E-state index >= 15 is 0 Å². The molecule has 0 fully saturated rings. The molecule has 0 aliphatic rings. The molecule has 0 aliphatic carbocycles. The van der Waals surface area contributed by atoms with Gasteiger partial charge in [-0.15, -0.1) is 0 Å². The van der Waals surface area contributed by atoms with Crippen molar-refractivity contribution in [3.8, 4) is 0 Å². The van der Waals surface area contributed by atoms with E-state index in [1.165, 1.54) is 0 Å². The molecule has 0 spiro atoms. The van der Waals surface area contributed by atoms with E-state index in [-0.39, 0.29) is 1.43 Å². The fourth-order valence-electron chi connectivity index (χ4n) is 0.746. The average molecular weight is 141 g/mol. The number of aromatic nitrogens is 1. The second-order valence-electron chi connectivity index (χ2n) is 2.00. The number of aromatic carboxylic acids is 1. The molecule has 10 heavy (non-hydrogen) atoms. The maximum Gasteiger partial charge on any atom is 0.401 e. The molecule has 3 heteroatoms. The molecule has 0 saturated heterocycles. The van der Waals surface area contributed by atoms with Crippen LogP contribution in [0.15, 0.2) is 24.4 Å². The molecule has 1 aromatic rings. The van der Waals surface area contributed by atoms with Gasteiger partial charge in [0.2, 0.25) is 0 Å². The zero-order valence-electron chi connectivity index (χ0n) is 5.61. The van der Waals surface area contributed by atoms with E-state index in [9.17, 15) is 4.79 Å². The predicted octanol–water partition coefficient (Wildman–Crippen LogP) is 0.455. The summed E-state index contributed by atoms with van der Waals surface area (Å²) in [6.45, 7) is 0. The molecule has 1 heterocycles. The Morgan fingerprint density at radius 1 is 1.70 bits per heavy atom. The first-order chi connectivity index (χ1) is 4.72. The Morgan fingerprint density at radius 2 is 2.40 bits per heavy atom. The molecule has 3 nitrogen and oxygen atoms in total. The van der Waals surface area contributed by atoms with Gasteiger partial charge in [-0.25, -0.2) is 4.79 Å². The van der Waals surface area contributed by atoms with Crippen LogP contribution in [0.1, 0.15) is 11.9 Å². The minimum atomic E-state index is -0.900. The van der Waals surface area contributed by atoms with Crippen molar-refractivity contribution in [1.82, 2.24) is 0 Å². The third kappa shape index (κ3) is 1.13. The van der Waals surface area contributed by atoms with Gasteiger partial charge >= 0.3 is 5.97 Å². The van der Waals surface area contributed by atoms with Crippen molar-refractivity contribution in [1.29, 1.82) is 0 Å². The zero-order valence-corrected chi connectivity index (χ0v) is 5.61. The summed E-state index contributed by atoms with van der Waals surface area (Å²) in [6, 6.07) is 5.04. The molecule has 0 atom stereocenters. The molecule has 1 N–H and O–H groups in total. The van der Waals surface area contributed by atoms with E-state index in [1.54, 1.807) is 36.0 Å². The molecule has 0 amide bonds. The number of carbonyl (C=O) groups is 1. The van der Waals surface area contributed by atoms with Crippen LogP contribution in [-0.4, -0.2) is 11.1 Å². The molecule has 0 saturated carbocycles. The van der Waals surface area contributed by atoms with Gasteiger partial charge in [0.05, 0.1) is 0 Å². The minimum absolute atomic E-state index is 0. The molecule has 0 bridgehead atoms. The summed E-state index contributed by atoms with van der Waals surface area (Å²) >= 11 is 0. The van der Waals surface area contributed by atoms with Crippen LogP contribution in [0.4, 0.5) is 0 Å². The first-order valence-electron chi connectivity index (χ1n) is 2.90. The quantitative estimate of drug-likeness (QED) is 0.577. The van der Waals surface area contributed by atoms with Crippen LogP contribution in [0.25, 0.3) is 0 Å². The summed E-state index contributed by atoms with van der Waals surface area (Å²) in [4.78, 5) is 10.4. The van der Waals surface area contributed by atoms with Gasteiger partial charge in [-0.2, -0.15) is 4.57 Å². The van der Waals surface area contributed by atoms with Crippen molar-refractivity contribution in [3.63, 3.8) is 0 Å². The van der Waals surface area contributed by atoms with E-state index < -0.39 is 5.97 Å². The zero-order chi connectivity index (χ0) is 7.56. The fraction of sp³-hybridized carbons (Fsp3) is 0.143. The molecular weight excluding hydrogens is 130 g/mol. The molecule has 0 radical (unpaired) electrons. The third-order valence-corrected chi connectivity index (χ3v) is 1.27. The normalized spacial score (nSPS) is 9.30. The van der Waals surface area contributed by atoms with Crippen LogP contribution in [0.5, 0.6) is 0 Å². The summed E-state index contributed by atoms with van der Waals surface area (Å²) in [5.74, 6) is -0.900. The van der Waals surface area contributed by atoms with Crippen molar-refractivity contribution in [2.75, 3.05) is 0 Å². The second-order valence-corrected chi connectivity index (χ2v) is 2.00. The molecule has 0 unspecified atom stereocenters. The number of carboxylic acid groups (broad SMARTS) is 1. The predicted molar refractivity (Wildman–Crippen MR) is 36.7 cm³/mol. The molecule has 1 aromatic heterocycles. The van der Waals surface area contributed by atoms with E-state index in [1.807, 2.05) is 0 Å². The Bertz CT molecular complexity index is 262. The van der Waals surface area contributed by atoms with Crippen LogP contribution in [0.3, 0.4) is 0 Å². The van der Waals surface area contributed by atoms with Gasteiger partial charge in [0.15, 0.2) is 6.20 Å². The van der Waals surface area contributed by atoms with Gasteiger partial charge in [0.1, 0.15) is 7.05 Å². The topological polar surface area (TPSA) is 41.2 Å². The van der Waals surface area contributed by atoms with E-state index in [0.29, 0.717) is 5.69 Å². The lowest BCUT2D eigenvalue weighted by Crippen LogP contribution is -2.35. The van der Waals surface area contributed by atoms with Crippen molar-refractivity contribution in [2.45, 2.75) is 0 Å². The lowest BCUT2D eigenvalue weighted by Gasteiger charge is -1.90. The van der Waals surface area contributed by atoms with Crippen LogP contribution in [0.2, 0.25) is 0 Å². The number of carboxylic acids is 1. The summed E-state index contributed by atoms with van der Waals surface area (Å²) in [6.07, 6.45) is 1.70. The Balaban J connectivity index is 0.000001000. The van der Waals surface area contributed by atoms with Crippen molar-refractivity contribution in [3.05, 3.63) is 30.1 Å². The van der Waals surface area contributed by atoms with Gasteiger partial charge < -0.3 is 5.11 Å². The Kier molecular flexibility index (Phi) is 1.67. The first kappa shape index (κ1) is 6.74. The number of hydrogen-bond donors (Lipinski definition) is 1. The average Bonchev–Trinajstić information content (AvgIpc) is 1.88. The Labute approximate surface area is 60.0 Å². The number of nitrogens with zero attached hydrogens (tertiary/aromatic N) is 1. The highest BCUT2D eigenvalue weighted by atomic mass is 16.4. The van der Waals surface area contributed by atoms with Gasteiger partial charge in [0.25, 0.3) is 5.69 Å². The maximum absolute atomic E-state index is 10.4. The Morgan fingerprint density at radius 3 is 2.80 bits per heavy atom. The lowest BCUT2D eigenvalue weighted by molar-refractivity contribution is -0.674. The first-order valence-corrected chi connectivity index (χ1v) is 2.90. The monoisotopic (exact) mass is 141 g/mol. The highest BCUT2D eigenvalue weighted by molar-refractivity contribution is 5.83. The molecule has 0 aromatic carbocycles. The molecular formula is C7H10NO2+. The number of aryl methyl sites for hydroxylation is 1. The van der Waals surface area contributed by atoms with Crippen LogP contribution in [0, 0.1) is 0 Å². The second kappa shape index (κ2) is 2.47. The van der Waals surface area contributed by atoms with Crippen molar-refractivity contribution in [2.24, 2.45) is 7.05 Å². The summed E-state index contributed by atoms with van der Waals surface area (Å²) < 4.78 is 1.56. The minimum Gasteiger partial charge on any atom is -0.473 e. The largest absolute Gasteiger partial charge is 0.473 e. The number of rotatable bonds is 1. The lowest BCUT2D eigenvalue weighted by atomic mass is 10.3. The molecule has 1 rings (SSSR count). The van der Waals surface area contributed by atoms with Crippen molar-refractivity contribution < 1.29 is 15.9 Å². The molecule has 0 aliphatic heterocycles. The smallest absolute Gasteiger partial charge is 0.401 e. The number of hydrogen-bond acceptors (Lipinski definition) is 1. The summed E-state index contributed by atoms with van der Waals surface area (Å²) in [5.41, 5.74) is 0.294. The van der Waals surface area contributed by atoms with Gasteiger partial charge in [0, 0.05) is 13.6 Å². The molecule has 54 valence electrons. The Hall–Kier alpha value is -1.38. The third-order valence-electron chi connectivity index (χ3n) is 1.27. The maximum atomic E-state index is 10.4. The van der Waals surface area contributed by atoms with Gasteiger partial charge in [-0.3, -0.25) is 0 Å². The SMILES string of the molecule is C[n+]1ccccc1C(=O)O.[2HH]. The summed E-state index contributed by atoms with van der Waals surface area (Å²) in [5, 5.41) is 8.54. The van der Waals surface area contributed by atoms with E-state index in [4.69, 9.17) is 5.11 Å². The van der Waals surface area contributed by atoms with E-state index in [2.05, 4.69) is 0 Å². The highest BCUT2D eigenvalue weighted by Crippen LogP contribution is 1.88. The van der Waals surface area contributed by atoms with Crippen LogP contribution in [-0.2, 0) is 7.05 Å². The van der Waals surface area contributed by atoms with Crippen LogP contribution >= 0.6 is 0 Å².